The van der Waals surface area contributed by atoms with E-state index in [1.807, 2.05) is 20.8 Å². The molecule has 0 saturated heterocycles. The van der Waals surface area contributed by atoms with E-state index in [0.717, 1.165) is 11.3 Å². The number of rotatable bonds is 7. The van der Waals surface area contributed by atoms with Gasteiger partial charge in [0.2, 0.25) is 5.28 Å². The maximum atomic E-state index is 6.02. The lowest BCUT2D eigenvalue weighted by atomic mass is 10.2. The Kier molecular flexibility index (Phi) is 6.86. The molecule has 0 aliphatic rings. The molecule has 102 valence electrons. The van der Waals surface area contributed by atoms with Gasteiger partial charge in [-0.1, -0.05) is 11.6 Å². The lowest BCUT2D eigenvalue weighted by Crippen LogP contribution is -2.17. The van der Waals surface area contributed by atoms with Gasteiger partial charge in [-0.05, 0) is 32.4 Å². The molecule has 0 spiro atoms. The van der Waals surface area contributed by atoms with E-state index < -0.39 is 0 Å². The second kappa shape index (κ2) is 7.89. The Morgan fingerprint density at radius 1 is 1.28 bits per heavy atom. The van der Waals surface area contributed by atoms with Gasteiger partial charge in [-0.25, -0.2) is 9.97 Å². The molecule has 6 heteroatoms. The first kappa shape index (κ1) is 15.6. The van der Waals surface area contributed by atoms with Crippen molar-refractivity contribution in [3.63, 3.8) is 0 Å². The highest BCUT2D eigenvalue weighted by atomic mass is 35.5. The largest absolute Gasteiger partial charge is 0.379 e. The highest BCUT2D eigenvalue weighted by Gasteiger charge is 2.10. The molecule has 0 aromatic carbocycles. The molecule has 0 aliphatic heterocycles. The van der Waals surface area contributed by atoms with E-state index >= 15 is 0 Å². The molecule has 1 rings (SSSR count). The van der Waals surface area contributed by atoms with Crippen molar-refractivity contribution in [1.29, 1.82) is 0 Å². The number of aryl methyl sites for hydroxylation is 1. The second-order valence-corrected chi connectivity index (χ2v) is 4.63. The number of aromatic nitrogens is 2. The summed E-state index contributed by atoms with van der Waals surface area (Å²) in [7, 11) is 0. The molecule has 18 heavy (non-hydrogen) atoms. The van der Waals surface area contributed by atoms with Crippen LogP contribution in [0, 0.1) is 6.92 Å². The monoisotopic (exact) mass is 292 g/mol. The van der Waals surface area contributed by atoms with Gasteiger partial charge in [0.05, 0.1) is 19.3 Å². The molecule has 1 aromatic heterocycles. The first-order chi connectivity index (χ1) is 8.54. The highest BCUT2D eigenvalue weighted by Crippen LogP contribution is 2.19. The van der Waals surface area contributed by atoms with Crippen molar-refractivity contribution in [3.05, 3.63) is 21.7 Å². The molecule has 0 bridgehead atoms. The fourth-order valence-corrected chi connectivity index (χ4v) is 2.07. The molecule has 0 aliphatic carbocycles. The third-order valence-corrected chi connectivity index (χ3v) is 2.93. The zero-order chi connectivity index (χ0) is 13.5. The Balaban J connectivity index is 2.44. The summed E-state index contributed by atoms with van der Waals surface area (Å²) in [6.07, 6.45) is 0.732. The van der Waals surface area contributed by atoms with Crippen LogP contribution < -0.4 is 0 Å². The van der Waals surface area contributed by atoms with Crippen molar-refractivity contribution in [2.24, 2.45) is 0 Å². The summed E-state index contributed by atoms with van der Waals surface area (Å²) in [5.41, 5.74) is 1.67. The van der Waals surface area contributed by atoms with Crippen LogP contribution >= 0.6 is 23.2 Å². The molecule has 1 heterocycles. The predicted octanol–water partition coefficient (Wildman–Crippen LogP) is 3.08. The summed E-state index contributed by atoms with van der Waals surface area (Å²) in [5, 5.41) is 0.570. The van der Waals surface area contributed by atoms with Crippen LogP contribution in [-0.2, 0) is 15.9 Å². The van der Waals surface area contributed by atoms with Crippen LogP contribution in [0.4, 0.5) is 0 Å². The Labute approximate surface area is 118 Å². The summed E-state index contributed by atoms with van der Waals surface area (Å²) in [6.45, 7) is 7.64. The van der Waals surface area contributed by atoms with Crippen LogP contribution in [0.2, 0.25) is 10.4 Å². The predicted molar refractivity (Wildman–Crippen MR) is 72.4 cm³/mol. The third kappa shape index (κ3) is 5.06. The van der Waals surface area contributed by atoms with Gasteiger partial charge < -0.3 is 9.47 Å². The van der Waals surface area contributed by atoms with Crippen LogP contribution in [0.3, 0.4) is 0 Å². The van der Waals surface area contributed by atoms with Crippen molar-refractivity contribution < 1.29 is 9.47 Å². The van der Waals surface area contributed by atoms with Gasteiger partial charge >= 0.3 is 0 Å². The zero-order valence-electron chi connectivity index (χ0n) is 10.9. The van der Waals surface area contributed by atoms with E-state index in [2.05, 4.69) is 9.97 Å². The molecule has 0 fully saturated rings. The van der Waals surface area contributed by atoms with E-state index in [1.165, 1.54) is 0 Å². The van der Waals surface area contributed by atoms with E-state index in [0.29, 0.717) is 31.4 Å². The summed E-state index contributed by atoms with van der Waals surface area (Å²) in [5.74, 6) is 0. The number of hydrogen-bond acceptors (Lipinski definition) is 4. The lowest BCUT2D eigenvalue weighted by Gasteiger charge is -2.13. The minimum atomic E-state index is 0.0669. The highest BCUT2D eigenvalue weighted by molar-refractivity contribution is 6.32. The summed E-state index contributed by atoms with van der Waals surface area (Å²) >= 11 is 11.7. The third-order valence-electron chi connectivity index (χ3n) is 2.45. The average molecular weight is 293 g/mol. The van der Waals surface area contributed by atoms with Crippen LogP contribution in [0.5, 0.6) is 0 Å². The lowest BCUT2D eigenvalue weighted by molar-refractivity contribution is -0.00209. The Morgan fingerprint density at radius 3 is 2.61 bits per heavy atom. The first-order valence-electron chi connectivity index (χ1n) is 5.92. The normalized spacial score (nSPS) is 12.7. The van der Waals surface area contributed by atoms with E-state index in [1.54, 1.807) is 0 Å². The molecule has 0 amide bonds. The first-order valence-corrected chi connectivity index (χ1v) is 6.68. The topological polar surface area (TPSA) is 44.2 Å². The molecule has 4 nitrogen and oxygen atoms in total. The Morgan fingerprint density at radius 2 is 2.00 bits per heavy atom. The van der Waals surface area contributed by atoms with Gasteiger partial charge in [0.15, 0.2) is 0 Å². The number of ether oxygens (including phenoxy) is 2. The van der Waals surface area contributed by atoms with Crippen LogP contribution in [0.1, 0.15) is 25.1 Å². The van der Waals surface area contributed by atoms with Crippen molar-refractivity contribution >= 4 is 23.2 Å². The van der Waals surface area contributed by atoms with E-state index in [-0.39, 0.29) is 11.4 Å². The smallest absolute Gasteiger partial charge is 0.224 e. The second-order valence-electron chi connectivity index (χ2n) is 3.94. The van der Waals surface area contributed by atoms with Gasteiger partial charge in [0, 0.05) is 24.3 Å². The quantitative estimate of drug-likeness (QED) is 0.572. The average Bonchev–Trinajstić information content (AvgIpc) is 2.29. The maximum Gasteiger partial charge on any atom is 0.224 e. The summed E-state index contributed by atoms with van der Waals surface area (Å²) < 4.78 is 10.9. The van der Waals surface area contributed by atoms with Crippen molar-refractivity contribution in [2.75, 3.05) is 19.8 Å². The SMILES string of the molecule is CCOCC(C)OCCc1c(C)nc(Cl)nc1Cl. The number of halogens is 2. The van der Waals surface area contributed by atoms with Crippen molar-refractivity contribution in [3.8, 4) is 0 Å². The Hall–Kier alpha value is -0.420. The standard InChI is InChI=1S/C12H18Cl2N2O2/c1-4-17-7-8(2)18-6-5-10-9(3)15-12(14)16-11(10)13/h8H,4-7H2,1-3H3. The fraction of sp³-hybridized carbons (Fsp3) is 0.667. The van der Waals surface area contributed by atoms with Gasteiger partial charge in [0.1, 0.15) is 5.15 Å². The summed E-state index contributed by atoms with van der Waals surface area (Å²) in [6, 6.07) is 0. The van der Waals surface area contributed by atoms with Gasteiger partial charge in [-0.15, -0.1) is 0 Å². The fourth-order valence-electron chi connectivity index (χ4n) is 1.51. The number of nitrogens with zero attached hydrogens (tertiary/aromatic N) is 2. The molecule has 0 N–H and O–H groups in total. The van der Waals surface area contributed by atoms with E-state index in [9.17, 15) is 0 Å². The van der Waals surface area contributed by atoms with Gasteiger partial charge in [-0.2, -0.15) is 0 Å². The molecule has 1 atom stereocenters. The van der Waals surface area contributed by atoms with Crippen molar-refractivity contribution in [1.82, 2.24) is 9.97 Å². The minimum Gasteiger partial charge on any atom is -0.379 e. The molecule has 1 unspecified atom stereocenters. The van der Waals surface area contributed by atoms with Gasteiger partial charge in [0.25, 0.3) is 0 Å². The van der Waals surface area contributed by atoms with Crippen LogP contribution in [0.25, 0.3) is 0 Å². The number of hydrogen-bond donors (Lipinski definition) is 0. The Bertz CT molecular complexity index is 365. The van der Waals surface area contributed by atoms with E-state index in [4.69, 9.17) is 32.7 Å². The minimum absolute atomic E-state index is 0.0669. The molecular weight excluding hydrogens is 275 g/mol. The molecule has 0 saturated carbocycles. The van der Waals surface area contributed by atoms with Gasteiger partial charge in [-0.3, -0.25) is 0 Å². The maximum absolute atomic E-state index is 6.02. The molecular formula is C12H18Cl2N2O2. The summed E-state index contributed by atoms with van der Waals surface area (Å²) in [4.78, 5) is 7.99. The zero-order valence-corrected chi connectivity index (χ0v) is 12.4. The molecule has 0 radical (unpaired) electrons. The molecule has 1 aromatic rings. The van der Waals surface area contributed by atoms with Crippen LogP contribution in [0.15, 0.2) is 0 Å². The van der Waals surface area contributed by atoms with Crippen molar-refractivity contribution in [2.45, 2.75) is 33.3 Å². The van der Waals surface area contributed by atoms with Crippen LogP contribution in [-0.4, -0.2) is 35.9 Å².